The average Bonchev–Trinajstić information content (AvgIpc) is 3.30. The van der Waals surface area contributed by atoms with Crippen molar-refractivity contribution in [1.29, 1.82) is 0 Å². The van der Waals surface area contributed by atoms with E-state index in [0.717, 1.165) is 30.9 Å². The van der Waals surface area contributed by atoms with Crippen LogP contribution in [0, 0.1) is 0 Å². The summed E-state index contributed by atoms with van der Waals surface area (Å²) in [4.78, 5) is 25.9. The first kappa shape index (κ1) is 21.2. The topological polar surface area (TPSA) is 67.8 Å². The van der Waals surface area contributed by atoms with Crippen LogP contribution in [0.3, 0.4) is 0 Å². The molecule has 2 aliphatic rings. The smallest absolute Gasteiger partial charge is 0.257 e. The lowest BCUT2D eigenvalue weighted by Gasteiger charge is -2.33. The molecule has 2 aliphatic heterocycles. The van der Waals surface area contributed by atoms with Gasteiger partial charge in [0, 0.05) is 32.0 Å². The number of rotatable bonds is 6. The number of para-hydroxylation sites is 2. The third-order valence-corrected chi connectivity index (χ3v) is 6.12. The monoisotopic (exact) mass is 444 g/mol. The van der Waals surface area contributed by atoms with Crippen LogP contribution < -0.4 is 14.4 Å². The Hall–Kier alpha value is -3.61. The lowest BCUT2D eigenvalue weighted by atomic mass is 10.1. The number of aromatic nitrogens is 2. The summed E-state index contributed by atoms with van der Waals surface area (Å²) in [6, 6.07) is 15.9. The van der Waals surface area contributed by atoms with E-state index < -0.39 is 0 Å². The molecule has 0 bridgehead atoms. The van der Waals surface area contributed by atoms with E-state index in [-0.39, 0.29) is 12.0 Å². The average molecular weight is 445 g/mol. The van der Waals surface area contributed by atoms with Crippen molar-refractivity contribution in [2.24, 2.45) is 0 Å². The van der Waals surface area contributed by atoms with Gasteiger partial charge in [0.25, 0.3) is 5.91 Å². The molecule has 1 aromatic heterocycles. The number of hydrogen-bond acceptors (Lipinski definition) is 6. The van der Waals surface area contributed by atoms with Crippen LogP contribution in [0.4, 0.5) is 5.95 Å². The van der Waals surface area contributed by atoms with Crippen LogP contribution in [0.5, 0.6) is 11.5 Å². The molecule has 1 unspecified atom stereocenters. The molecule has 7 nitrogen and oxygen atoms in total. The molecule has 1 amide bonds. The fourth-order valence-corrected chi connectivity index (χ4v) is 4.47. The second-order valence-electron chi connectivity index (χ2n) is 8.41. The lowest BCUT2D eigenvalue weighted by molar-refractivity contribution is 0.0750. The summed E-state index contributed by atoms with van der Waals surface area (Å²) in [6.45, 7) is 5.38. The number of hydrogen-bond donors (Lipinski definition) is 0. The fourth-order valence-electron chi connectivity index (χ4n) is 4.47. The number of carbonyl (C=O) groups is 1. The highest BCUT2D eigenvalue weighted by Crippen LogP contribution is 2.30. The van der Waals surface area contributed by atoms with Gasteiger partial charge in [0.2, 0.25) is 5.95 Å². The van der Waals surface area contributed by atoms with Crippen molar-refractivity contribution in [3.63, 3.8) is 0 Å². The van der Waals surface area contributed by atoms with Gasteiger partial charge < -0.3 is 19.3 Å². The Labute approximate surface area is 194 Å². The molecule has 1 atom stereocenters. The summed E-state index contributed by atoms with van der Waals surface area (Å²) in [5.41, 5.74) is 2.92. The molecule has 170 valence electrons. The van der Waals surface area contributed by atoms with E-state index in [4.69, 9.17) is 9.47 Å². The summed E-state index contributed by atoms with van der Waals surface area (Å²) in [5, 5.41) is 0. The number of fused-ring (bicyclic) bond motifs is 1. The number of ether oxygens (including phenoxy) is 2. The number of nitrogens with zero attached hydrogens (tertiary/aromatic N) is 4. The van der Waals surface area contributed by atoms with Gasteiger partial charge in [0.05, 0.1) is 18.7 Å². The van der Waals surface area contributed by atoms with Crippen LogP contribution >= 0.6 is 0 Å². The third-order valence-electron chi connectivity index (χ3n) is 6.12. The molecule has 2 aromatic carbocycles. The maximum Gasteiger partial charge on any atom is 0.257 e. The molecule has 0 radical (unpaired) electrons. The second-order valence-corrected chi connectivity index (χ2v) is 8.41. The number of amides is 1. The predicted molar refractivity (Wildman–Crippen MR) is 126 cm³/mol. The third kappa shape index (κ3) is 4.62. The molecule has 3 heterocycles. The van der Waals surface area contributed by atoms with Crippen molar-refractivity contribution in [2.45, 2.75) is 39.0 Å². The van der Waals surface area contributed by atoms with Crippen molar-refractivity contribution in [3.05, 3.63) is 77.6 Å². The quantitative estimate of drug-likeness (QED) is 0.571. The summed E-state index contributed by atoms with van der Waals surface area (Å²) in [5.74, 6) is 2.12. The highest BCUT2D eigenvalue weighted by atomic mass is 16.5. The molecular formula is C26H28N4O3. The molecular weight excluding hydrogens is 416 g/mol. The van der Waals surface area contributed by atoms with Gasteiger partial charge in [-0.05, 0) is 43.0 Å². The molecule has 1 fully saturated rings. The largest absolute Gasteiger partial charge is 0.490 e. The van der Waals surface area contributed by atoms with E-state index in [1.165, 1.54) is 11.1 Å². The molecule has 0 spiro atoms. The van der Waals surface area contributed by atoms with Crippen LogP contribution in [0.2, 0.25) is 0 Å². The SMILES string of the molecule is CCOc1ccccc1OC1CCCN(c2ncc(C(=O)N3Cc4ccccc4C3)cn2)C1. The first-order chi connectivity index (χ1) is 16.2. The van der Waals surface area contributed by atoms with Gasteiger partial charge in [0.1, 0.15) is 6.10 Å². The summed E-state index contributed by atoms with van der Waals surface area (Å²) >= 11 is 0. The van der Waals surface area contributed by atoms with E-state index in [1.54, 1.807) is 12.4 Å². The Balaban J connectivity index is 1.23. The molecule has 0 N–H and O–H groups in total. The van der Waals surface area contributed by atoms with Crippen molar-refractivity contribution in [1.82, 2.24) is 14.9 Å². The zero-order valence-corrected chi connectivity index (χ0v) is 18.8. The number of carbonyl (C=O) groups excluding carboxylic acids is 1. The number of benzene rings is 2. The van der Waals surface area contributed by atoms with Crippen LogP contribution in [0.15, 0.2) is 60.9 Å². The standard InChI is InChI=1S/C26H28N4O3/c1-2-32-23-11-5-6-12-24(23)33-22-10-7-13-29(18-22)26-27-14-21(15-28-26)25(31)30-16-19-8-3-4-9-20(19)17-30/h3-6,8-9,11-12,14-15,22H,2,7,10,13,16-18H2,1H3. The highest BCUT2D eigenvalue weighted by molar-refractivity contribution is 5.94. The van der Waals surface area contributed by atoms with Crippen LogP contribution in [0.1, 0.15) is 41.3 Å². The maximum absolute atomic E-state index is 12.9. The van der Waals surface area contributed by atoms with Crippen molar-refractivity contribution >= 4 is 11.9 Å². The molecule has 0 saturated carbocycles. The van der Waals surface area contributed by atoms with Gasteiger partial charge in [-0.15, -0.1) is 0 Å². The molecule has 3 aromatic rings. The van der Waals surface area contributed by atoms with E-state index in [2.05, 4.69) is 27.0 Å². The molecule has 1 saturated heterocycles. The van der Waals surface area contributed by atoms with Gasteiger partial charge in [-0.25, -0.2) is 9.97 Å². The van der Waals surface area contributed by atoms with Crippen molar-refractivity contribution in [3.8, 4) is 11.5 Å². The normalized spacial score (nSPS) is 17.5. The number of piperidine rings is 1. The van der Waals surface area contributed by atoms with Gasteiger partial charge in [0.15, 0.2) is 11.5 Å². The zero-order valence-electron chi connectivity index (χ0n) is 18.8. The Morgan fingerprint density at radius 2 is 1.67 bits per heavy atom. The van der Waals surface area contributed by atoms with Crippen molar-refractivity contribution < 1.29 is 14.3 Å². The number of anilines is 1. The molecule has 33 heavy (non-hydrogen) atoms. The predicted octanol–water partition coefficient (Wildman–Crippen LogP) is 4.08. The summed E-state index contributed by atoms with van der Waals surface area (Å²) in [6.07, 6.45) is 5.25. The van der Waals surface area contributed by atoms with Gasteiger partial charge >= 0.3 is 0 Å². The van der Waals surface area contributed by atoms with E-state index in [0.29, 0.717) is 37.8 Å². The van der Waals surface area contributed by atoms with E-state index in [9.17, 15) is 4.79 Å². The Morgan fingerprint density at radius 1 is 1.00 bits per heavy atom. The second kappa shape index (κ2) is 9.48. The van der Waals surface area contributed by atoms with Gasteiger partial charge in [-0.3, -0.25) is 4.79 Å². The first-order valence-corrected chi connectivity index (χ1v) is 11.5. The van der Waals surface area contributed by atoms with Crippen LogP contribution in [0.25, 0.3) is 0 Å². The van der Waals surface area contributed by atoms with Crippen molar-refractivity contribution in [2.75, 3.05) is 24.6 Å². The first-order valence-electron chi connectivity index (χ1n) is 11.5. The molecule has 0 aliphatic carbocycles. The fraction of sp³-hybridized carbons (Fsp3) is 0.346. The Kier molecular flexibility index (Phi) is 6.11. The Morgan fingerprint density at radius 3 is 2.36 bits per heavy atom. The van der Waals surface area contributed by atoms with Gasteiger partial charge in [-0.1, -0.05) is 36.4 Å². The Bertz CT molecular complexity index is 1090. The van der Waals surface area contributed by atoms with Crippen LogP contribution in [-0.4, -0.2) is 46.6 Å². The summed E-state index contributed by atoms with van der Waals surface area (Å²) < 4.78 is 12.0. The highest BCUT2D eigenvalue weighted by Gasteiger charge is 2.26. The van der Waals surface area contributed by atoms with Crippen LogP contribution in [-0.2, 0) is 13.1 Å². The molecule has 5 rings (SSSR count). The minimum Gasteiger partial charge on any atom is -0.490 e. The van der Waals surface area contributed by atoms with E-state index in [1.807, 2.05) is 48.2 Å². The minimum atomic E-state index is -0.0369. The van der Waals surface area contributed by atoms with E-state index >= 15 is 0 Å². The molecule has 7 heteroatoms. The maximum atomic E-state index is 12.9. The minimum absolute atomic E-state index is 0.0216. The van der Waals surface area contributed by atoms with Gasteiger partial charge in [-0.2, -0.15) is 0 Å². The summed E-state index contributed by atoms with van der Waals surface area (Å²) in [7, 11) is 0. The zero-order chi connectivity index (χ0) is 22.6. The lowest BCUT2D eigenvalue weighted by Crippen LogP contribution is -2.42.